The van der Waals surface area contributed by atoms with E-state index >= 15 is 0 Å². The number of amides is 1. The van der Waals surface area contributed by atoms with Crippen LogP contribution in [0.4, 0.5) is 0 Å². The smallest absolute Gasteiger partial charge is 0.338 e. The summed E-state index contributed by atoms with van der Waals surface area (Å²) in [6.45, 7) is 4.42. The zero-order chi connectivity index (χ0) is 19.1. The first-order valence-electron chi connectivity index (χ1n) is 8.18. The van der Waals surface area contributed by atoms with Crippen LogP contribution in [0.5, 0.6) is 0 Å². The van der Waals surface area contributed by atoms with Gasteiger partial charge >= 0.3 is 5.97 Å². The number of aliphatic hydroxyl groups excluding tert-OH is 2. The molecule has 1 aliphatic heterocycles. The monoisotopic (exact) mass is 365 g/mol. The first-order chi connectivity index (χ1) is 12.5. The largest absolute Gasteiger partial charge is 0.453 e. The van der Waals surface area contributed by atoms with E-state index in [2.05, 4.69) is 11.9 Å². The summed E-state index contributed by atoms with van der Waals surface area (Å²) < 4.78 is 16.4. The maximum atomic E-state index is 12.4. The summed E-state index contributed by atoms with van der Waals surface area (Å²) >= 11 is 0. The number of aliphatic hydroxyl groups is 2. The van der Waals surface area contributed by atoms with Crippen molar-refractivity contribution in [2.24, 2.45) is 0 Å². The molecular formula is C18H23NO7. The van der Waals surface area contributed by atoms with Gasteiger partial charge in [-0.1, -0.05) is 24.3 Å². The Kier molecular flexibility index (Phi) is 7.28. The molecule has 1 aromatic rings. The van der Waals surface area contributed by atoms with Gasteiger partial charge in [0.25, 0.3) is 0 Å². The second-order valence-corrected chi connectivity index (χ2v) is 5.80. The van der Waals surface area contributed by atoms with Crippen LogP contribution < -0.4 is 5.32 Å². The van der Waals surface area contributed by atoms with Crippen LogP contribution in [-0.2, 0) is 19.0 Å². The van der Waals surface area contributed by atoms with E-state index in [4.69, 9.17) is 14.2 Å². The molecule has 0 radical (unpaired) electrons. The number of nitrogens with one attached hydrogen (secondary N) is 1. The molecule has 1 amide bonds. The van der Waals surface area contributed by atoms with Gasteiger partial charge in [-0.2, -0.15) is 0 Å². The minimum absolute atomic E-state index is 0.106. The molecule has 1 heterocycles. The Morgan fingerprint density at radius 3 is 2.62 bits per heavy atom. The molecule has 2 rings (SSSR count). The molecule has 1 aromatic carbocycles. The molecule has 0 spiro atoms. The van der Waals surface area contributed by atoms with Crippen molar-refractivity contribution >= 4 is 11.9 Å². The molecule has 8 nitrogen and oxygen atoms in total. The summed E-state index contributed by atoms with van der Waals surface area (Å²) in [5.41, 5.74) is 0.289. The minimum Gasteiger partial charge on any atom is -0.453 e. The Balaban J connectivity index is 2.26. The van der Waals surface area contributed by atoms with Crippen LogP contribution in [0.2, 0.25) is 0 Å². The highest BCUT2D eigenvalue weighted by atomic mass is 16.7. The fraction of sp³-hybridized carbons (Fsp3) is 0.444. The van der Waals surface area contributed by atoms with Gasteiger partial charge < -0.3 is 29.7 Å². The normalized spacial score (nSPS) is 28.2. The van der Waals surface area contributed by atoms with Gasteiger partial charge in [0.05, 0.1) is 18.8 Å². The third-order valence-corrected chi connectivity index (χ3v) is 3.85. The third-order valence-electron chi connectivity index (χ3n) is 3.85. The van der Waals surface area contributed by atoms with Crippen molar-refractivity contribution in [1.82, 2.24) is 5.32 Å². The summed E-state index contributed by atoms with van der Waals surface area (Å²) in [6, 6.07) is 7.27. The number of ether oxygens (including phenoxy) is 3. The van der Waals surface area contributed by atoms with Crippen molar-refractivity contribution in [1.29, 1.82) is 0 Å². The lowest BCUT2D eigenvalue weighted by Crippen LogP contribution is -2.65. The molecule has 142 valence electrons. The van der Waals surface area contributed by atoms with Gasteiger partial charge in [0, 0.05) is 6.92 Å². The van der Waals surface area contributed by atoms with Crippen LogP contribution in [0, 0.1) is 0 Å². The zero-order valence-corrected chi connectivity index (χ0v) is 14.4. The highest BCUT2D eigenvalue weighted by molar-refractivity contribution is 5.89. The summed E-state index contributed by atoms with van der Waals surface area (Å²) in [4.78, 5) is 24.0. The number of carbonyl (C=O) groups is 2. The molecule has 1 fully saturated rings. The second kappa shape index (κ2) is 9.44. The fourth-order valence-electron chi connectivity index (χ4n) is 2.67. The Hall–Kier alpha value is -2.26. The Morgan fingerprint density at radius 1 is 1.35 bits per heavy atom. The second-order valence-electron chi connectivity index (χ2n) is 5.80. The first-order valence-corrected chi connectivity index (χ1v) is 8.18. The average Bonchev–Trinajstić information content (AvgIpc) is 2.64. The van der Waals surface area contributed by atoms with E-state index in [0.29, 0.717) is 0 Å². The molecule has 1 saturated heterocycles. The first kappa shape index (κ1) is 20.1. The number of esters is 1. The van der Waals surface area contributed by atoms with E-state index in [0.717, 1.165) is 0 Å². The molecule has 0 unspecified atom stereocenters. The molecule has 3 N–H and O–H groups in total. The summed E-state index contributed by atoms with van der Waals surface area (Å²) in [5.74, 6) is -1.09. The number of rotatable bonds is 7. The van der Waals surface area contributed by atoms with Crippen LogP contribution in [0.25, 0.3) is 0 Å². The number of hydrogen-bond donors (Lipinski definition) is 3. The molecular weight excluding hydrogens is 342 g/mol. The van der Waals surface area contributed by atoms with E-state index in [9.17, 15) is 19.8 Å². The minimum atomic E-state index is -1.35. The molecule has 0 aromatic heterocycles. The molecule has 0 bridgehead atoms. The molecule has 0 aliphatic carbocycles. The van der Waals surface area contributed by atoms with Crippen LogP contribution in [0.3, 0.4) is 0 Å². The van der Waals surface area contributed by atoms with E-state index in [1.54, 1.807) is 30.3 Å². The Bertz CT molecular complexity index is 621. The van der Waals surface area contributed by atoms with Crippen LogP contribution in [-0.4, -0.2) is 65.9 Å². The molecule has 0 saturated carbocycles. The molecule has 1 aliphatic rings. The quantitative estimate of drug-likeness (QED) is 0.460. The lowest BCUT2D eigenvalue weighted by Gasteiger charge is -2.43. The van der Waals surface area contributed by atoms with Crippen molar-refractivity contribution < 1.29 is 34.0 Å². The van der Waals surface area contributed by atoms with Gasteiger partial charge in [-0.3, -0.25) is 4.79 Å². The average molecular weight is 365 g/mol. The van der Waals surface area contributed by atoms with E-state index in [-0.39, 0.29) is 12.2 Å². The standard InChI is InChI=1S/C18H23NO7/c1-3-9-24-18-14(19-11(2)21)16(15(22)13(10-20)25-18)26-17(23)12-7-5-4-6-8-12/h3-8,13-16,18,20,22H,1,9-10H2,2H3,(H,19,21)/t13-,14-,15-,16-,18+/m1/s1. The van der Waals surface area contributed by atoms with Crippen molar-refractivity contribution in [2.75, 3.05) is 13.2 Å². The predicted molar refractivity (Wildman–Crippen MR) is 91.2 cm³/mol. The van der Waals surface area contributed by atoms with E-state index in [1.165, 1.54) is 13.0 Å². The summed E-state index contributed by atoms with van der Waals surface area (Å²) in [6.07, 6.45) is -3.12. The highest BCUT2D eigenvalue weighted by Gasteiger charge is 2.48. The van der Waals surface area contributed by atoms with Crippen LogP contribution in [0.15, 0.2) is 43.0 Å². The van der Waals surface area contributed by atoms with Gasteiger partial charge in [-0.25, -0.2) is 4.79 Å². The lowest BCUT2D eigenvalue weighted by atomic mass is 9.96. The Labute approximate surface area is 151 Å². The SMILES string of the molecule is C=CCO[C@H]1O[C@H](CO)[C@@H](O)[C@H](OC(=O)c2ccccc2)[C@H]1NC(C)=O. The number of carbonyl (C=O) groups excluding carboxylic acids is 2. The van der Waals surface area contributed by atoms with E-state index in [1.807, 2.05) is 0 Å². The topological polar surface area (TPSA) is 114 Å². The fourth-order valence-corrected chi connectivity index (χ4v) is 2.67. The van der Waals surface area contributed by atoms with Gasteiger partial charge in [-0.15, -0.1) is 6.58 Å². The lowest BCUT2D eigenvalue weighted by molar-refractivity contribution is -0.266. The maximum absolute atomic E-state index is 12.4. The van der Waals surface area contributed by atoms with Gasteiger partial charge in [0.1, 0.15) is 18.2 Å². The van der Waals surface area contributed by atoms with Gasteiger partial charge in [-0.05, 0) is 12.1 Å². The summed E-state index contributed by atoms with van der Waals surface area (Å²) in [5, 5.41) is 22.5. The molecule has 8 heteroatoms. The summed E-state index contributed by atoms with van der Waals surface area (Å²) in [7, 11) is 0. The Morgan fingerprint density at radius 2 is 2.04 bits per heavy atom. The number of benzene rings is 1. The molecule has 5 atom stereocenters. The van der Waals surface area contributed by atoms with Gasteiger partial charge in [0.15, 0.2) is 12.4 Å². The van der Waals surface area contributed by atoms with Crippen molar-refractivity contribution in [3.63, 3.8) is 0 Å². The van der Waals surface area contributed by atoms with Crippen LogP contribution in [0.1, 0.15) is 17.3 Å². The third kappa shape index (κ3) is 4.89. The van der Waals surface area contributed by atoms with E-state index < -0.39 is 49.1 Å². The van der Waals surface area contributed by atoms with Crippen molar-refractivity contribution in [3.8, 4) is 0 Å². The zero-order valence-electron chi connectivity index (χ0n) is 14.4. The van der Waals surface area contributed by atoms with Crippen molar-refractivity contribution in [3.05, 3.63) is 48.6 Å². The van der Waals surface area contributed by atoms with Crippen molar-refractivity contribution in [2.45, 2.75) is 37.6 Å². The number of hydrogen-bond acceptors (Lipinski definition) is 7. The predicted octanol–water partition coefficient (Wildman–Crippen LogP) is -0.00260. The maximum Gasteiger partial charge on any atom is 0.338 e. The molecule has 26 heavy (non-hydrogen) atoms. The van der Waals surface area contributed by atoms with Crippen LogP contribution >= 0.6 is 0 Å². The van der Waals surface area contributed by atoms with Gasteiger partial charge in [0.2, 0.25) is 5.91 Å². The highest BCUT2D eigenvalue weighted by Crippen LogP contribution is 2.25.